The van der Waals surface area contributed by atoms with Gasteiger partial charge in [0, 0.05) is 10.9 Å². The van der Waals surface area contributed by atoms with Gasteiger partial charge in [-0.25, -0.2) is 0 Å². The van der Waals surface area contributed by atoms with E-state index < -0.39 is 23.7 Å². The Morgan fingerprint density at radius 1 is 1.43 bits per heavy atom. The lowest BCUT2D eigenvalue weighted by Gasteiger charge is -2.30. The summed E-state index contributed by atoms with van der Waals surface area (Å²) in [6, 6.07) is 8.90. The number of amides is 1. The van der Waals surface area contributed by atoms with Gasteiger partial charge in [0.25, 0.3) is 0 Å². The summed E-state index contributed by atoms with van der Waals surface area (Å²) >= 11 is 7.26. The van der Waals surface area contributed by atoms with Crippen LogP contribution >= 0.6 is 23.4 Å². The standard InChI is InChI=1S/C16H15ClN2O3S/c1-3-23-15-11(8-18)12(9-4-6-10(17)7-5-9)13(14(20)19-15)16(21)22-2/h4-7,12-13H,3H2,1-2H3,(H,19,20)/t12-,13+/m1/s1. The Kier molecular flexibility index (Phi) is 5.69. The molecule has 0 bridgehead atoms. The summed E-state index contributed by atoms with van der Waals surface area (Å²) in [6.45, 7) is 1.92. The molecule has 0 unspecified atom stereocenters. The van der Waals surface area contributed by atoms with Crippen molar-refractivity contribution in [1.82, 2.24) is 5.32 Å². The van der Waals surface area contributed by atoms with E-state index in [9.17, 15) is 14.9 Å². The molecule has 120 valence electrons. The van der Waals surface area contributed by atoms with Gasteiger partial charge in [-0.05, 0) is 23.4 Å². The predicted molar refractivity (Wildman–Crippen MR) is 88.6 cm³/mol. The fraction of sp³-hybridized carbons (Fsp3) is 0.312. The van der Waals surface area contributed by atoms with Crippen molar-refractivity contribution in [2.45, 2.75) is 12.8 Å². The van der Waals surface area contributed by atoms with Crippen LogP contribution in [0.15, 0.2) is 34.9 Å². The number of methoxy groups -OCH3 is 1. The number of ether oxygens (including phenoxy) is 1. The molecule has 5 nitrogen and oxygen atoms in total. The van der Waals surface area contributed by atoms with Gasteiger partial charge in [0.15, 0.2) is 0 Å². The van der Waals surface area contributed by atoms with Crippen LogP contribution < -0.4 is 5.32 Å². The van der Waals surface area contributed by atoms with E-state index in [1.54, 1.807) is 24.3 Å². The first kappa shape index (κ1) is 17.4. The van der Waals surface area contributed by atoms with Gasteiger partial charge in [-0.3, -0.25) is 9.59 Å². The largest absolute Gasteiger partial charge is 0.468 e. The summed E-state index contributed by atoms with van der Waals surface area (Å²) in [5.74, 6) is -2.23. The van der Waals surface area contributed by atoms with Crippen molar-refractivity contribution < 1.29 is 14.3 Å². The number of nitrogens with zero attached hydrogens (tertiary/aromatic N) is 1. The summed E-state index contributed by atoms with van der Waals surface area (Å²) < 4.78 is 4.76. The third-order valence-electron chi connectivity index (χ3n) is 3.50. The molecular weight excluding hydrogens is 336 g/mol. The number of esters is 1. The summed E-state index contributed by atoms with van der Waals surface area (Å²) in [4.78, 5) is 24.5. The van der Waals surface area contributed by atoms with Crippen LogP contribution in [0.4, 0.5) is 0 Å². The molecule has 1 heterocycles. The fourth-order valence-electron chi connectivity index (χ4n) is 2.49. The van der Waals surface area contributed by atoms with Crippen LogP contribution in [0.2, 0.25) is 5.02 Å². The van der Waals surface area contributed by atoms with Gasteiger partial charge in [0.1, 0.15) is 5.92 Å². The second-order valence-corrected chi connectivity index (χ2v) is 6.52. The zero-order valence-corrected chi connectivity index (χ0v) is 14.2. The van der Waals surface area contributed by atoms with Crippen LogP contribution in [0.25, 0.3) is 0 Å². The number of hydrogen-bond acceptors (Lipinski definition) is 5. The normalized spacial score (nSPS) is 20.7. The summed E-state index contributed by atoms with van der Waals surface area (Å²) in [5.41, 5.74) is 1.03. The lowest BCUT2D eigenvalue weighted by Crippen LogP contribution is -2.44. The van der Waals surface area contributed by atoms with E-state index in [0.29, 0.717) is 26.9 Å². The van der Waals surface area contributed by atoms with E-state index in [1.165, 1.54) is 18.9 Å². The monoisotopic (exact) mass is 350 g/mol. The van der Waals surface area contributed by atoms with Crippen LogP contribution in [0.5, 0.6) is 0 Å². The molecule has 7 heteroatoms. The topological polar surface area (TPSA) is 79.2 Å². The number of halogens is 1. The van der Waals surface area contributed by atoms with E-state index in [0.717, 1.165) is 0 Å². The Labute approximate surface area is 143 Å². The second kappa shape index (κ2) is 7.53. The van der Waals surface area contributed by atoms with E-state index in [2.05, 4.69) is 11.4 Å². The smallest absolute Gasteiger partial charge is 0.319 e. The highest BCUT2D eigenvalue weighted by atomic mass is 35.5. The number of nitrogens with one attached hydrogen (secondary N) is 1. The highest BCUT2D eigenvalue weighted by molar-refractivity contribution is 8.03. The molecule has 0 aromatic heterocycles. The van der Waals surface area contributed by atoms with E-state index in [-0.39, 0.29) is 0 Å². The Bertz CT molecular complexity index is 694. The van der Waals surface area contributed by atoms with E-state index >= 15 is 0 Å². The van der Waals surface area contributed by atoms with Gasteiger partial charge in [0.05, 0.1) is 23.8 Å². The maximum absolute atomic E-state index is 12.4. The van der Waals surface area contributed by atoms with E-state index in [4.69, 9.17) is 16.3 Å². The molecule has 0 spiro atoms. The van der Waals surface area contributed by atoms with Crippen molar-refractivity contribution in [3.05, 3.63) is 45.5 Å². The number of hydrogen-bond donors (Lipinski definition) is 1. The Morgan fingerprint density at radius 3 is 2.61 bits per heavy atom. The van der Waals surface area contributed by atoms with Crippen molar-refractivity contribution in [3.63, 3.8) is 0 Å². The highest BCUT2D eigenvalue weighted by Crippen LogP contribution is 2.40. The van der Waals surface area contributed by atoms with Crippen molar-refractivity contribution in [1.29, 1.82) is 5.26 Å². The van der Waals surface area contributed by atoms with Crippen molar-refractivity contribution in [2.24, 2.45) is 5.92 Å². The van der Waals surface area contributed by atoms with Gasteiger partial charge in [0.2, 0.25) is 5.91 Å². The quantitative estimate of drug-likeness (QED) is 0.667. The van der Waals surface area contributed by atoms with Crippen molar-refractivity contribution >= 4 is 35.2 Å². The number of rotatable bonds is 4. The first-order valence-corrected chi connectivity index (χ1v) is 8.31. The molecule has 2 atom stereocenters. The predicted octanol–water partition coefficient (Wildman–Crippen LogP) is 2.83. The average Bonchev–Trinajstić information content (AvgIpc) is 2.54. The zero-order chi connectivity index (χ0) is 17.0. The minimum absolute atomic E-state index is 0.356. The molecular formula is C16H15ClN2O3S. The number of allylic oxidation sites excluding steroid dienone is 1. The maximum atomic E-state index is 12.4. The van der Waals surface area contributed by atoms with Gasteiger partial charge >= 0.3 is 5.97 Å². The molecule has 23 heavy (non-hydrogen) atoms. The number of benzene rings is 1. The molecule has 1 N–H and O–H groups in total. The van der Waals surface area contributed by atoms with Gasteiger partial charge in [-0.15, -0.1) is 11.8 Å². The molecule has 1 aromatic carbocycles. The van der Waals surface area contributed by atoms with Gasteiger partial charge < -0.3 is 10.1 Å². The summed E-state index contributed by atoms with van der Waals surface area (Å²) in [7, 11) is 1.22. The first-order valence-electron chi connectivity index (χ1n) is 6.94. The highest BCUT2D eigenvalue weighted by Gasteiger charge is 2.44. The molecule has 0 radical (unpaired) electrons. The van der Waals surface area contributed by atoms with Crippen molar-refractivity contribution in [3.8, 4) is 6.07 Å². The minimum Gasteiger partial charge on any atom is -0.468 e. The van der Waals surface area contributed by atoms with Crippen LogP contribution in [0.1, 0.15) is 18.4 Å². The molecule has 1 aliphatic rings. The second-order valence-electron chi connectivity index (χ2n) is 4.81. The molecule has 1 aliphatic heterocycles. The van der Waals surface area contributed by atoms with Gasteiger partial charge in [-0.1, -0.05) is 30.7 Å². The Hall–Kier alpha value is -1.97. The number of carbonyl (C=O) groups excluding carboxylic acids is 2. The molecule has 0 fully saturated rings. The first-order chi connectivity index (χ1) is 11.0. The number of nitriles is 1. The average molecular weight is 351 g/mol. The molecule has 0 aliphatic carbocycles. The SMILES string of the molecule is CCSC1=C(C#N)[C@@H](c2ccc(Cl)cc2)[C@H](C(=O)OC)C(=O)N1. The molecule has 0 saturated heterocycles. The number of thioether (sulfide) groups is 1. The van der Waals surface area contributed by atoms with E-state index in [1.807, 2.05) is 6.92 Å². The molecule has 1 aromatic rings. The van der Waals surface area contributed by atoms with Crippen LogP contribution in [0.3, 0.4) is 0 Å². The van der Waals surface area contributed by atoms with Gasteiger partial charge in [-0.2, -0.15) is 5.26 Å². The molecule has 2 rings (SSSR count). The zero-order valence-electron chi connectivity index (χ0n) is 12.6. The van der Waals surface area contributed by atoms with Crippen LogP contribution in [-0.4, -0.2) is 24.7 Å². The minimum atomic E-state index is -1.10. The lowest BCUT2D eigenvalue weighted by atomic mass is 9.78. The number of carbonyl (C=O) groups is 2. The molecule has 0 saturated carbocycles. The lowest BCUT2D eigenvalue weighted by molar-refractivity contribution is -0.150. The maximum Gasteiger partial charge on any atom is 0.319 e. The molecule has 1 amide bonds. The Balaban J connectivity index is 2.61. The summed E-state index contributed by atoms with van der Waals surface area (Å²) in [5, 5.41) is 13.3. The Morgan fingerprint density at radius 2 is 2.09 bits per heavy atom. The third-order valence-corrected chi connectivity index (χ3v) is 4.65. The van der Waals surface area contributed by atoms with Crippen LogP contribution in [0, 0.1) is 17.2 Å². The van der Waals surface area contributed by atoms with Crippen LogP contribution in [-0.2, 0) is 14.3 Å². The third kappa shape index (κ3) is 3.52. The fourth-order valence-corrected chi connectivity index (χ4v) is 3.41. The van der Waals surface area contributed by atoms with Crippen molar-refractivity contribution in [2.75, 3.05) is 12.9 Å². The summed E-state index contributed by atoms with van der Waals surface area (Å²) in [6.07, 6.45) is 0.